The molecule has 7 heteroatoms. The number of carbonyl (C=O) groups is 1. The van der Waals surface area contributed by atoms with Crippen molar-refractivity contribution in [1.29, 1.82) is 0 Å². The van der Waals surface area contributed by atoms with E-state index in [0.717, 1.165) is 15.6 Å². The SMILES string of the molecule is Cc1ccc2c(Cl)c(C(=O)N[C@H]3CCS(=O)(=O)C3)sc2c1. The van der Waals surface area contributed by atoms with E-state index >= 15 is 0 Å². The summed E-state index contributed by atoms with van der Waals surface area (Å²) in [4.78, 5) is 12.8. The minimum atomic E-state index is -3.01. The van der Waals surface area contributed by atoms with Crippen LogP contribution in [0.5, 0.6) is 0 Å². The molecule has 0 radical (unpaired) electrons. The molecule has 1 saturated heterocycles. The molecule has 1 aliphatic rings. The number of benzene rings is 1. The number of aryl methyl sites for hydroxylation is 1. The molecule has 112 valence electrons. The van der Waals surface area contributed by atoms with E-state index in [2.05, 4.69) is 5.32 Å². The molecule has 4 nitrogen and oxygen atoms in total. The average Bonchev–Trinajstić information content (AvgIpc) is 2.90. The molecule has 21 heavy (non-hydrogen) atoms. The van der Waals surface area contributed by atoms with Gasteiger partial charge in [-0.3, -0.25) is 4.79 Å². The number of rotatable bonds is 2. The normalized spacial score (nSPS) is 20.8. The molecule has 0 bridgehead atoms. The average molecular weight is 344 g/mol. The molecule has 2 aromatic rings. The Morgan fingerprint density at radius 3 is 2.86 bits per heavy atom. The van der Waals surface area contributed by atoms with E-state index in [4.69, 9.17) is 11.6 Å². The first-order chi connectivity index (χ1) is 9.85. The number of halogens is 1. The number of nitrogens with one attached hydrogen (secondary N) is 1. The summed E-state index contributed by atoms with van der Waals surface area (Å²) in [7, 11) is -3.01. The highest BCUT2D eigenvalue weighted by Crippen LogP contribution is 2.35. The third-order valence-corrected chi connectivity index (χ3v) is 6.98. The second kappa shape index (κ2) is 5.26. The summed E-state index contributed by atoms with van der Waals surface area (Å²) in [6.45, 7) is 1.98. The van der Waals surface area contributed by atoms with Gasteiger partial charge in [0, 0.05) is 16.1 Å². The van der Waals surface area contributed by atoms with E-state index < -0.39 is 9.84 Å². The van der Waals surface area contributed by atoms with Crippen LogP contribution in [0.4, 0.5) is 0 Å². The van der Waals surface area contributed by atoms with Crippen LogP contribution in [0, 0.1) is 6.92 Å². The molecule has 0 aliphatic carbocycles. The Balaban J connectivity index is 1.87. The Morgan fingerprint density at radius 1 is 1.43 bits per heavy atom. The molecule has 2 heterocycles. The fourth-order valence-electron chi connectivity index (χ4n) is 2.48. The predicted octanol–water partition coefficient (Wildman–Crippen LogP) is 2.78. The minimum absolute atomic E-state index is 0.0142. The van der Waals surface area contributed by atoms with Gasteiger partial charge in [0.1, 0.15) is 4.88 Å². The van der Waals surface area contributed by atoms with Crippen LogP contribution < -0.4 is 5.32 Å². The van der Waals surface area contributed by atoms with Gasteiger partial charge in [-0.25, -0.2) is 8.42 Å². The van der Waals surface area contributed by atoms with E-state index in [-0.39, 0.29) is 23.5 Å². The quantitative estimate of drug-likeness (QED) is 0.912. The topological polar surface area (TPSA) is 63.2 Å². The fourth-order valence-corrected chi connectivity index (χ4v) is 5.67. The Kier molecular flexibility index (Phi) is 3.71. The van der Waals surface area contributed by atoms with Crippen molar-refractivity contribution in [3.05, 3.63) is 33.7 Å². The Bertz CT molecular complexity index is 826. The monoisotopic (exact) mass is 343 g/mol. The number of hydrogen-bond donors (Lipinski definition) is 1. The van der Waals surface area contributed by atoms with Gasteiger partial charge >= 0.3 is 0 Å². The van der Waals surface area contributed by atoms with Crippen LogP contribution in [-0.2, 0) is 9.84 Å². The third-order valence-electron chi connectivity index (χ3n) is 3.56. The van der Waals surface area contributed by atoms with Gasteiger partial charge in [0.25, 0.3) is 5.91 Å². The van der Waals surface area contributed by atoms with Crippen LogP contribution in [0.3, 0.4) is 0 Å². The molecular formula is C14H14ClNO3S2. The van der Waals surface area contributed by atoms with Crippen LogP contribution >= 0.6 is 22.9 Å². The van der Waals surface area contributed by atoms with Crippen molar-refractivity contribution >= 4 is 48.8 Å². The van der Waals surface area contributed by atoms with Gasteiger partial charge in [0.05, 0.1) is 16.5 Å². The van der Waals surface area contributed by atoms with Crippen molar-refractivity contribution in [3.63, 3.8) is 0 Å². The summed E-state index contributed by atoms with van der Waals surface area (Å²) >= 11 is 7.61. The van der Waals surface area contributed by atoms with Crippen LogP contribution in [0.25, 0.3) is 10.1 Å². The zero-order chi connectivity index (χ0) is 15.2. The van der Waals surface area contributed by atoms with E-state index in [9.17, 15) is 13.2 Å². The zero-order valence-corrected chi connectivity index (χ0v) is 13.7. The second-order valence-corrected chi connectivity index (χ2v) is 8.98. The van der Waals surface area contributed by atoms with Crippen LogP contribution in [0.1, 0.15) is 21.7 Å². The Labute approximate surface area is 132 Å². The minimum Gasteiger partial charge on any atom is -0.348 e. The standard InChI is InChI=1S/C14H14ClNO3S2/c1-8-2-3-10-11(6-8)20-13(12(10)15)14(17)16-9-4-5-21(18,19)7-9/h2-3,6,9H,4-5,7H2,1H3,(H,16,17)/t9-/m0/s1. The first-order valence-corrected chi connectivity index (χ1v) is 9.57. The summed E-state index contributed by atoms with van der Waals surface area (Å²) in [6.07, 6.45) is 0.468. The van der Waals surface area contributed by atoms with Crippen molar-refractivity contribution < 1.29 is 13.2 Å². The number of amides is 1. The first-order valence-electron chi connectivity index (χ1n) is 6.56. The lowest BCUT2D eigenvalue weighted by atomic mass is 10.2. The van der Waals surface area contributed by atoms with Crippen molar-refractivity contribution in [1.82, 2.24) is 5.32 Å². The highest BCUT2D eigenvalue weighted by molar-refractivity contribution is 7.91. The van der Waals surface area contributed by atoms with E-state index in [1.807, 2.05) is 25.1 Å². The summed E-state index contributed by atoms with van der Waals surface area (Å²) in [5, 5.41) is 4.07. The second-order valence-electron chi connectivity index (χ2n) is 5.32. The summed E-state index contributed by atoms with van der Waals surface area (Å²) < 4.78 is 23.8. The molecular weight excluding hydrogens is 330 g/mol. The van der Waals surface area contributed by atoms with Crippen LogP contribution in [0.2, 0.25) is 5.02 Å². The molecule has 1 aliphatic heterocycles. The molecule has 0 spiro atoms. The smallest absolute Gasteiger partial charge is 0.263 e. The van der Waals surface area contributed by atoms with Gasteiger partial charge in [-0.15, -0.1) is 11.3 Å². The highest BCUT2D eigenvalue weighted by Gasteiger charge is 2.30. The summed E-state index contributed by atoms with van der Waals surface area (Å²) in [5.74, 6) is -0.140. The highest BCUT2D eigenvalue weighted by atomic mass is 35.5. The van der Waals surface area contributed by atoms with Gasteiger partial charge in [-0.2, -0.15) is 0 Å². The molecule has 1 atom stereocenters. The maximum Gasteiger partial charge on any atom is 0.263 e. The van der Waals surface area contributed by atoms with Crippen molar-refractivity contribution in [2.45, 2.75) is 19.4 Å². The molecule has 1 amide bonds. The molecule has 1 fully saturated rings. The zero-order valence-electron chi connectivity index (χ0n) is 11.3. The van der Waals surface area contributed by atoms with Gasteiger partial charge in [0.15, 0.2) is 9.84 Å². The van der Waals surface area contributed by atoms with Gasteiger partial charge in [-0.1, -0.05) is 23.7 Å². The predicted molar refractivity (Wildman–Crippen MR) is 86.1 cm³/mol. The molecule has 0 saturated carbocycles. The largest absolute Gasteiger partial charge is 0.348 e. The molecule has 1 aromatic carbocycles. The lowest BCUT2D eigenvalue weighted by Crippen LogP contribution is -2.35. The molecule has 3 rings (SSSR count). The van der Waals surface area contributed by atoms with Crippen LogP contribution in [0.15, 0.2) is 18.2 Å². The maximum absolute atomic E-state index is 12.3. The number of sulfone groups is 1. The van der Waals surface area contributed by atoms with Crippen molar-refractivity contribution in [3.8, 4) is 0 Å². The van der Waals surface area contributed by atoms with E-state index in [1.165, 1.54) is 11.3 Å². The summed E-state index contributed by atoms with van der Waals surface area (Å²) in [5.41, 5.74) is 1.11. The third kappa shape index (κ3) is 2.93. The van der Waals surface area contributed by atoms with Crippen LogP contribution in [-0.4, -0.2) is 31.9 Å². The lowest BCUT2D eigenvalue weighted by Gasteiger charge is -2.09. The lowest BCUT2D eigenvalue weighted by molar-refractivity contribution is 0.0945. The fraction of sp³-hybridized carbons (Fsp3) is 0.357. The van der Waals surface area contributed by atoms with E-state index in [0.29, 0.717) is 16.3 Å². The Morgan fingerprint density at radius 2 is 2.19 bits per heavy atom. The first kappa shape index (κ1) is 14.8. The van der Waals surface area contributed by atoms with Gasteiger partial charge in [-0.05, 0) is 25.0 Å². The van der Waals surface area contributed by atoms with Crippen molar-refractivity contribution in [2.24, 2.45) is 0 Å². The Hall–Kier alpha value is -1.11. The number of hydrogen-bond acceptors (Lipinski definition) is 4. The summed E-state index contributed by atoms with van der Waals surface area (Å²) in [6, 6.07) is 5.53. The molecule has 0 unspecified atom stereocenters. The number of fused-ring (bicyclic) bond motifs is 1. The van der Waals surface area contributed by atoms with Gasteiger partial charge in [0.2, 0.25) is 0 Å². The number of carbonyl (C=O) groups excluding carboxylic acids is 1. The molecule has 1 N–H and O–H groups in total. The molecule has 1 aromatic heterocycles. The maximum atomic E-state index is 12.3. The van der Waals surface area contributed by atoms with Crippen molar-refractivity contribution in [2.75, 3.05) is 11.5 Å². The van der Waals surface area contributed by atoms with Gasteiger partial charge < -0.3 is 5.32 Å². The van der Waals surface area contributed by atoms with E-state index in [1.54, 1.807) is 0 Å². The number of thiophene rings is 1.